The highest BCUT2D eigenvalue weighted by molar-refractivity contribution is 7.99. The molecule has 8 nitrogen and oxygen atoms in total. The standard InChI is InChI=1S/C10H12N6O2S/c1-15-4-2-3-7(15)9(18)13-8(17)5-19-10-14-12-6-16(10)11/h2-4,6H,5,11H2,1H3,(H,13,17,18). The smallest absolute Gasteiger partial charge is 0.274 e. The summed E-state index contributed by atoms with van der Waals surface area (Å²) in [5.41, 5.74) is 0.417. The predicted octanol–water partition coefficient (Wildman–Crippen LogP) is -0.621. The molecule has 0 fully saturated rings. The number of hydrogen-bond donors (Lipinski definition) is 2. The van der Waals surface area contributed by atoms with Gasteiger partial charge in [0, 0.05) is 13.2 Å². The molecule has 0 aliphatic rings. The molecular weight excluding hydrogens is 268 g/mol. The molecular formula is C10H12N6O2S. The number of aryl methyl sites for hydroxylation is 1. The molecule has 0 radical (unpaired) electrons. The molecule has 0 saturated heterocycles. The van der Waals surface area contributed by atoms with E-state index in [1.54, 1.807) is 29.9 Å². The van der Waals surface area contributed by atoms with Gasteiger partial charge in [0.2, 0.25) is 11.1 Å². The summed E-state index contributed by atoms with van der Waals surface area (Å²) in [6.07, 6.45) is 3.06. The number of nitrogens with two attached hydrogens (primary N) is 1. The maximum Gasteiger partial charge on any atom is 0.274 e. The minimum absolute atomic E-state index is 0.0338. The Morgan fingerprint density at radius 2 is 2.32 bits per heavy atom. The highest BCUT2D eigenvalue weighted by atomic mass is 32.2. The molecule has 2 heterocycles. The lowest BCUT2D eigenvalue weighted by atomic mass is 10.4. The number of aromatic nitrogens is 4. The van der Waals surface area contributed by atoms with Crippen molar-refractivity contribution in [2.45, 2.75) is 5.16 Å². The first-order valence-electron chi connectivity index (χ1n) is 5.31. The summed E-state index contributed by atoms with van der Waals surface area (Å²) >= 11 is 1.10. The van der Waals surface area contributed by atoms with Crippen LogP contribution in [0.3, 0.4) is 0 Å². The molecule has 0 aromatic carbocycles. The van der Waals surface area contributed by atoms with E-state index in [2.05, 4.69) is 15.5 Å². The Kier molecular flexibility index (Phi) is 3.85. The van der Waals surface area contributed by atoms with E-state index in [0.29, 0.717) is 10.9 Å². The molecule has 3 N–H and O–H groups in total. The Morgan fingerprint density at radius 1 is 1.53 bits per heavy atom. The summed E-state index contributed by atoms with van der Waals surface area (Å²) < 4.78 is 2.84. The lowest BCUT2D eigenvalue weighted by Gasteiger charge is -2.04. The first-order valence-corrected chi connectivity index (χ1v) is 6.30. The molecule has 0 bridgehead atoms. The van der Waals surface area contributed by atoms with Crippen molar-refractivity contribution in [3.05, 3.63) is 30.4 Å². The number of hydrogen-bond acceptors (Lipinski definition) is 6. The molecule has 9 heteroatoms. The number of carbonyl (C=O) groups is 2. The van der Waals surface area contributed by atoms with Crippen LogP contribution in [0.2, 0.25) is 0 Å². The largest absolute Gasteiger partial charge is 0.347 e. The van der Waals surface area contributed by atoms with Crippen LogP contribution in [0.25, 0.3) is 0 Å². The van der Waals surface area contributed by atoms with E-state index < -0.39 is 11.8 Å². The van der Waals surface area contributed by atoms with E-state index in [-0.39, 0.29) is 5.75 Å². The summed E-state index contributed by atoms with van der Waals surface area (Å²) in [6, 6.07) is 3.36. The van der Waals surface area contributed by atoms with Crippen LogP contribution < -0.4 is 11.2 Å². The summed E-state index contributed by atoms with van der Waals surface area (Å²) in [5, 5.41) is 9.98. The molecule has 2 aromatic rings. The second-order valence-electron chi connectivity index (χ2n) is 3.69. The average molecular weight is 280 g/mol. The Morgan fingerprint density at radius 3 is 2.89 bits per heavy atom. The summed E-state index contributed by atoms with van der Waals surface area (Å²) in [7, 11) is 1.73. The second-order valence-corrected chi connectivity index (χ2v) is 4.63. The number of rotatable bonds is 4. The van der Waals surface area contributed by atoms with Gasteiger partial charge in [-0.25, -0.2) is 4.68 Å². The molecule has 0 atom stereocenters. The van der Waals surface area contributed by atoms with Crippen LogP contribution in [0.4, 0.5) is 0 Å². The molecule has 19 heavy (non-hydrogen) atoms. The zero-order valence-corrected chi connectivity index (χ0v) is 10.9. The Bertz CT molecular complexity index is 605. The third-order valence-electron chi connectivity index (χ3n) is 2.30. The molecule has 0 spiro atoms. The van der Waals surface area contributed by atoms with Crippen molar-refractivity contribution in [3.8, 4) is 0 Å². The van der Waals surface area contributed by atoms with Gasteiger partial charge in [0.05, 0.1) is 5.75 Å². The van der Waals surface area contributed by atoms with Crippen molar-refractivity contribution in [2.75, 3.05) is 11.6 Å². The molecule has 0 aliphatic heterocycles. The van der Waals surface area contributed by atoms with Crippen LogP contribution in [0, 0.1) is 0 Å². The van der Waals surface area contributed by atoms with Crippen LogP contribution >= 0.6 is 11.8 Å². The third kappa shape index (κ3) is 3.13. The van der Waals surface area contributed by atoms with Crippen LogP contribution in [0.15, 0.2) is 29.8 Å². The van der Waals surface area contributed by atoms with E-state index in [1.165, 1.54) is 11.0 Å². The maximum absolute atomic E-state index is 11.7. The lowest BCUT2D eigenvalue weighted by Crippen LogP contribution is -2.33. The third-order valence-corrected chi connectivity index (χ3v) is 3.26. The number of amides is 2. The fourth-order valence-corrected chi connectivity index (χ4v) is 2.02. The topological polar surface area (TPSA) is 108 Å². The molecule has 2 amide bonds. The van der Waals surface area contributed by atoms with Crippen LogP contribution in [0.5, 0.6) is 0 Å². The maximum atomic E-state index is 11.7. The van der Waals surface area contributed by atoms with E-state index in [1.807, 2.05) is 0 Å². The first kappa shape index (κ1) is 13.1. The van der Waals surface area contributed by atoms with Gasteiger partial charge in [-0.15, -0.1) is 10.2 Å². The van der Waals surface area contributed by atoms with E-state index in [9.17, 15) is 9.59 Å². The molecule has 0 aliphatic carbocycles. The van der Waals surface area contributed by atoms with Crippen molar-refractivity contribution in [2.24, 2.45) is 7.05 Å². The molecule has 0 saturated carbocycles. The van der Waals surface area contributed by atoms with Gasteiger partial charge in [-0.05, 0) is 12.1 Å². The summed E-state index contributed by atoms with van der Waals surface area (Å²) in [4.78, 5) is 23.4. The minimum atomic E-state index is -0.438. The fraction of sp³-hybridized carbons (Fsp3) is 0.200. The van der Waals surface area contributed by atoms with Gasteiger partial charge in [-0.2, -0.15) is 0 Å². The van der Waals surface area contributed by atoms with Crippen LogP contribution in [0.1, 0.15) is 10.5 Å². The van der Waals surface area contributed by atoms with Crippen molar-refractivity contribution >= 4 is 23.6 Å². The Hall–Kier alpha value is -2.29. The molecule has 2 aromatic heterocycles. The van der Waals surface area contributed by atoms with E-state index in [0.717, 1.165) is 11.8 Å². The number of nitrogens with zero attached hydrogens (tertiary/aromatic N) is 4. The average Bonchev–Trinajstić information content (AvgIpc) is 2.95. The highest BCUT2D eigenvalue weighted by Gasteiger charge is 2.13. The van der Waals surface area contributed by atoms with Gasteiger partial charge in [-0.3, -0.25) is 14.9 Å². The van der Waals surface area contributed by atoms with Gasteiger partial charge >= 0.3 is 0 Å². The van der Waals surface area contributed by atoms with E-state index in [4.69, 9.17) is 5.84 Å². The number of imide groups is 1. The zero-order chi connectivity index (χ0) is 13.8. The van der Waals surface area contributed by atoms with Crippen molar-refractivity contribution in [1.29, 1.82) is 0 Å². The van der Waals surface area contributed by atoms with Crippen molar-refractivity contribution in [1.82, 2.24) is 24.8 Å². The lowest BCUT2D eigenvalue weighted by molar-refractivity contribution is -0.117. The SMILES string of the molecule is Cn1cccc1C(=O)NC(=O)CSc1nncn1N. The molecule has 100 valence electrons. The van der Waals surface area contributed by atoms with Crippen LogP contribution in [-0.4, -0.2) is 37.0 Å². The second kappa shape index (κ2) is 5.57. The van der Waals surface area contributed by atoms with E-state index >= 15 is 0 Å². The van der Waals surface area contributed by atoms with Crippen molar-refractivity contribution < 1.29 is 9.59 Å². The Labute approximate surface area is 113 Å². The number of nitrogen functional groups attached to an aromatic ring is 1. The predicted molar refractivity (Wildman–Crippen MR) is 68.8 cm³/mol. The highest BCUT2D eigenvalue weighted by Crippen LogP contribution is 2.11. The normalized spacial score (nSPS) is 10.4. The first-order chi connectivity index (χ1) is 9.08. The molecule has 2 rings (SSSR count). The van der Waals surface area contributed by atoms with Gasteiger partial charge in [0.25, 0.3) is 5.91 Å². The minimum Gasteiger partial charge on any atom is -0.347 e. The molecule has 0 unspecified atom stereocenters. The Balaban J connectivity index is 1.87. The fourth-order valence-electron chi connectivity index (χ4n) is 1.39. The monoisotopic (exact) mass is 280 g/mol. The number of nitrogens with one attached hydrogen (secondary N) is 1. The number of carbonyl (C=O) groups excluding carboxylic acids is 2. The summed E-state index contributed by atoms with van der Waals surface area (Å²) in [6.45, 7) is 0. The quantitative estimate of drug-likeness (QED) is 0.571. The van der Waals surface area contributed by atoms with Crippen molar-refractivity contribution in [3.63, 3.8) is 0 Å². The zero-order valence-electron chi connectivity index (χ0n) is 10.1. The number of thioether (sulfide) groups is 1. The van der Waals surface area contributed by atoms with Gasteiger partial charge in [0.1, 0.15) is 12.0 Å². The van der Waals surface area contributed by atoms with Gasteiger partial charge in [0.15, 0.2) is 0 Å². The van der Waals surface area contributed by atoms with Gasteiger partial charge < -0.3 is 10.4 Å². The van der Waals surface area contributed by atoms with Gasteiger partial charge in [-0.1, -0.05) is 11.8 Å². The summed E-state index contributed by atoms with van der Waals surface area (Å²) in [5.74, 6) is 4.67. The van der Waals surface area contributed by atoms with Crippen LogP contribution in [-0.2, 0) is 11.8 Å².